The number of halogens is 4. The van der Waals surface area contributed by atoms with E-state index in [9.17, 15) is 18.0 Å². The van der Waals surface area contributed by atoms with Crippen LogP contribution in [0.25, 0.3) is 10.6 Å². The number of aromatic nitrogens is 2. The molecule has 4 N–H and O–H groups in total. The average molecular weight is 528 g/mol. The fourth-order valence-corrected chi connectivity index (χ4v) is 4.82. The van der Waals surface area contributed by atoms with Crippen LogP contribution < -0.4 is 21.1 Å². The van der Waals surface area contributed by atoms with Crippen molar-refractivity contribution in [2.75, 3.05) is 32.2 Å². The molecular formula is C22H21ClF3N5O3S. The molecule has 1 aliphatic heterocycles. The topological polar surface area (TPSA) is 111 Å². The Bertz CT molecular complexity index is 1250. The molecule has 0 spiro atoms. The number of ether oxygens (including phenoxy) is 2. The van der Waals surface area contributed by atoms with E-state index in [0.717, 1.165) is 35.4 Å². The Kier molecular flexibility index (Phi) is 7.45. The summed E-state index contributed by atoms with van der Waals surface area (Å²) in [5.41, 5.74) is 6.49. The first kappa shape index (κ1) is 25.2. The summed E-state index contributed by atoms with van der Waals surface area (Å²) < 4.78 is 51.8. The maximum Gasteiger partial charge on any atom is 0.420 e. The molecule has 1 aliphatic rings. The summed E-state index contributed by atoms with van der Waals surface area (Å²) in [4.78, 5) is 19.9. The SMILES string of the molecule is COCCOc1sc(-c2nc(Nc3cc4c(cc3Cl)CNCC4)ncc2C(F)(F)F)cc1C(N)=O. The third kappa shape index (κ3) is 5.67. The molecule has 0 bridgehead atoms. The first-order valence-electron chi connectivity index (χ1n) is 10.5. The molecule has 0 fully saturated rings. The number of hydrogen-bond acceptors (Lipinski definition) is 8. The standard InChI is InChI=1S/C22H21ClF3N5O3S/c1-33-4-5-34-20-13(19(27)32)8-17(35-20)18-14(22(24,25)26)10-29-21(31-18)30-16-7-11-2-3-28-9-12(11)6-15(16)23/h6-8,10,28H,2-5,9H2,1H3,(H2,27,32)(H,29,30,31). The lowest BCUT2D eigenvalue weighted by molar-refractivity contribution is -0.137. The Morgan fingerprint density at radius 1 is 1.29 bits per heavy atom. The van der Waals surface area contributed by atoms with Gasteiger partial charge in [0.05, 0.1) is 33.5 Å². The number of primary amides is 1. The van der Waals surface area contributed by atoms with E-state index in [2.05, 4.69) is 20.6 Å². The van der Waals surface area contributed by atoms with Crippen LogP contribution in [0.2, 0.25) is 5.02 Å². The van der Waals surface area contributed by atoms with Gasteiger partial charge >= 0.3 is 6.18 Å². The molecule has 0 atom stereocenters. The Balaban J connectivity index is 1.73. The van der Waals surface area contributed by atoms with Crippen LogP contribution in [0.3, 0.4) is 0 Å². The highest BCUT2D eigenvalue weighted by Gasteiger charge is 2.36. The number of thiophene rings is 1. The molecule has 0 saturated heterocycles. The van der Waals surface area contributed by atoms with Crippen LogP contribution in [-0.2, 0) is 23.9 Å². The molecular weight excluding hydrogens is 507 g/mol. The number of nitrogens with two attached hydrogens (primary N) is 1. The van der Waals surface area contributed by atoms with Gasteiger partial charge in [0.1, 0.15) is 12.2 Å². The lowest BCUT2D eigenvalue weighted by Crippen LogP contribution is -2.23. The smallest absolute Gasteiger partial charge is 0.420 e. The van der Waals surface area contributed by atoms with Gasteiger partial charge in [0.2, 0.25) is 5.95 Å². The Morgan fingerprint density at radius 2 is 2.09 bits per heavy atom. The highest BCUT2D eigenvalue weighted by atomic mass is 35.5. The molecule has 0 radical (unpaired) electrons. The van der Waals surface area contributed by atoms with E-state index in [1.54, 1.807) is 6.07 Å². The van der Waals surface area contributed by atoms with Gasteiger partial charge in [0, 0.05) is 19.9 Å². The maximum atomic E-state index is 13.8. The first-order valence-corrected chi connectivity index (χ1v) is 11.7. The molecule has 0 saturated carbocycles. The minimum absolute atomic E-state index is 0.0475. The fourth-order valence-electron chi connectivity index (χ4n) is 3.54. The van der Waals surface area contributed by atoms with Crippen LogP contribution in [0, 0.1) is 0 Å². The normalized spacial score (nSPS) is 13.4. The lowest BCUT2D eigenvalue weighted by atomic mass is 10.0. The van der Waals surface area contributed by atoms with E-state index in [4.69, 9.17) is 26.8 Å². The Labute approximate surface area is 207 Å². The Morgan fingerprint density at radius 3 is 2.80 bits per heavy atom. The fraction of sp³-hybridized carbons (Fsp3) is 0.318. The molecule has 3 aromatic rings. The number of alkyl halides is 3. The van der Waals surface area contributed by atoms with Gasteiger partial charge < -0.3 is 25.8 Å². The molecule has 8 nitrogen and oxygen atoms in total. The number of hydrogen-bond donors (Lipinski definition) is 3. The van der Waals surface area contributed by atoms with Gasteiger partial charge in [-0.15, -0.1) is 0 Å². The number of anilines is 2. The van der Waals surface area contributed by atoms with Crippen molar-refractivity contribution in [3.05, 3.63) is 51.7 Å². The van der Waals surface area contributed by atoms with Crippen LogP contribution >= 0.6 is 22.9 Å². The van der Waals surface area contributed by atoms with Crippen LogP contribution in [0.15, 0.2) is 24.4 Å². The van der Waals surface area contributed by atoms with Crippen LogP contribution in [-0.4, -0.2) is 42.7 Å². The third-order valence-electron chi connectivity index (χ3n) is 5.23. The number of nitrogens with zero attached hydrogens (tertiary/aromatic N) is 2. The summed E-state index contributed by atoms with van der Waals surface area (Å²) in [5, 5.41) is 6.64. The van der Waals surface area contributed by atoms with Crippen LogP contribution in [0.5, 0.6) is 5.06 Å². The van der Waals surface area contributed by atoms with Crippen molar-refractivity contribution in [1.82, 2.24) is 15.3 Å². The number of rotatable bonds is 8. The number of carbonyl (C=O) groups is 1. The summed E-state index contributed by atoms with van der Waals surface area (Å²) in [6, 6.07) is 4.88. The van der Waals surface area contributed by atoms with Gasteiger partial charge in [-0.1, -0.05) is 22.9 Å². The van der Waals surface area contributed by atoms with Gasteiger partial charge in [-0.2, -0.15) is 13.2 Å². The molecule has 186 valence electrons. The molecule has 35 heavy (non-hydrogen) atoms. The number of benzene rings is 1. The first-order chi connectivity index (χ1) is 16.7. The van der Waals surface area contributed by atoms with E-state index in [-0.39, 0.29) is 34.7 Å². The van der Waals surface area contributed by atoms with E-state index in [1.165, 1.54) is 13.2 Å². The van der Waals surface area contributed by atoms with Gasteiger partial charge in [0.25, 0.3) is 5.91 Å². The minimum atomic E-state index is -4.74. The van der Waals surface area contributed by atoms with Gasteiger partial charge in [-0.25, -0.2) is 9.97 Å². The van der Waals surface area contributed by atoms with E-state index in [1.807, 2.05) is 6.07 Å². The maximum absolute atomic E-state index is 13.8. The largest absolute Gasteiger partial charge is 0.481 e. The van der Waals surface area contributed by atoms with Crippen molar-refractivity contribution in [3.8, 4) is 15.6 Å². The highest BCUT2D eigenvalue weighted by molar-refractivity contribution is 7.17. The summed E-state index contributed by atoms with van der Waals surface area (Å²) in [6.45, 7) is 1.81. The zero-order valence-electron chi connectivity index (χ0n) is 18.5. The molecule has 1 amide bonds. The molecule has 0 aliphatic carbocycles. The second-order valence-corrected chi connectivity index (χ2v) is 9.05. The van der Waals surface area contributed by atoms with Crippen molar-refractivity contribution < 1.29 is 27.4 Å². The number of carbonyl (C=O) groups excluding carboxylic acids is 1. The van der Waals surface area contributed by atoms with Crippen molar-refractivity contribution in [1.29, 1.82) is 0 Å². The molecule has 1 aromatic carbocycles. The second-order valence-electron chi connectivity index (χ2n) is 7.62. The third-order valence-corrected chi connectivity index (χ3v) is 6.60. The Hall–Kier alpha value is -2.93. The molecule has 3 heterocycles. The van der Waals surface area contributed by atoms with E-state index < -0.39 is 23.3 Å². The number of fused-ring (bicyclic) bond motifs is 1. The van der Waals surface area contributed by atoms with Gasteiger partial charge in [-0.3, -0.25) is 4.79 Å². The summed E-state index contributed by atoms with van der Waals surface area (Å²) >= 11 is 7.22. The van der Waals surface area contributed by atoms with Crippen molar-refractivity contribution >= 4 is 40.5 Å². The molecule has 13 heteroatoms. The predicted molar refractivity (Wildman–Crippen MR) is 126 cm³/mol. The van der Waals surface area contributed by atoms with Crippen molar-refractivity contribution in [3.63, 3.8) is 0 Å². The molecule has 0 unspecified atom stereocenters. The van der Waals surface area contributed by atoms with Crippen molar-refractivity contribution in [2.45, 2.75) is 19.1 Å². The van der Waals surface area contributed by atoms with E-state index in [0.29, 0.717) is 23.5 Å². The zero-order chi connectivity index (χ0) is 25.2. The number of amides is 1. The van der Waals surface area contributed by atoms with Crippen molar-refractivity contribution in [2.24, 2.45) is 5.73 Å². The second kappa shape index (κ2) is 10.4. The molecule has 4 rings (SSSR count). The summed E-state index contributed by atoms with van der Waals surface area (Å²) in [6.07, 6.45) is -3.26. The van der Waals surface area contributed by atoms with Gasteiger partial charge in [0.15, 0.2) is 5.06 Å². The summed E-state index contributed by atoms with van der Waals surface area (Å²) in [7, 11) is 1.47. The van der Waals surface area contributed by atoms with Gasteiger partial charge in [-0.05, 0) is 42.3 Å². The van der Waals surface area contributed by atoms with E-state index >= 15 is 0 Å². The molecule has 2 aromatic heterocycles. The highest BCUT2D eigenvalue weighted by Crippen LogP contribution is 2.42. The minimum Gasteiger partial charge on any atom is -0.481 e. The lowest BCUT2D eigenvalue weighted by Gasteiger charge is -2.19. The average Bonchev–Trinajstić information content (AvgIpc) is 3.23. The van der Waals surface area contributed by atoms with Crippen LogP contribution in [0.4, 0.5) is 24.8 Å². The quantitative estimate of drug-likeness (QED) is 0.372. The van der Waals surface area contributed by atoms with Crippen LogP contribution in [0.1, 0.15) is 27.0 Å². The zero-order valence-corrected chi connectivity index (χ0v) is 20.0. The summed E-state index contributed by atoms with van der Waals surface area (Å²) in [5.74, 6) is -0.920. The monoisotopic (exact) mass is 527 g/mol. The number of nitrogens with one attached hydrogen (secondary N) is 2. The number of methoxy groups -OCH3 is 1. The predicted octanol–water partition coefficient (Wildman–Crippen LogP) is 4.39.